The minimum atomic E-state index is -4.63. The molecule has 0 spiro atoms. The number of benzene rings is 2. The van der Waals surface area contributed by atoms with Gasteiger partial charge in [-0.2, -0.15) is 18.4 Å². The van der Waals surface area contributed by atoms with Crippen LogP contribution in [0.25, 0.3) is 0 Å². The van der Waals surface area contributed by atoms with Crippen molar-refractivity contribution in [3.8, 4) is 6.07 Å². The van der Waals surface area contributed by atoms with Crippen molar-refractivity contribution >= 4 is 52.9 Å². The zero-order valence-corrected chi connectivity index (χ0v) is 37.6. The summed E-state index contributed by atoms with van der Waals surface area (Å²) in [4.78, 5) is 78.8. The summed E-state index contributed by atoms with van der Waals surface area (Å²) < 4.78 is 56.1. The normalized spacial score (nSPS) is 21.5. The van der Waals surface area contributed by atoms with Crippen molar-refractivity contribution in [2.24, 2.45) is 17.8 Å². The molecule has 5 saturated heterocycles. The van der Waals surface area contributed by atoms with Crippen LogP contribution in [0.15, 0.2) is 48.7 Å². The lowest BCUT2D eigenvalue weighted by atomic mass is 9.95. The van der Waals surface area contributed by atoms with E-state index >= 15 is 4.39 Å². The fraction of sp³-hybridized carbons (Fsp3) is 0.521. The number of halogens is 4. The van der Waals surface area contributed by atoms with E-state index in [4.69, 9.17) is 5.26 Å². The summed E-state index contributed by atoms with van der Waals surface area (Å²) in [7, 11) is 0. The Morgan fingerprint density at radius 3 is 2.10 bits per heavy atom. The largest absolute Gasteiger partial charge is 0.417 e. The number of rotatable bonds is 12. The van der Waals surface area contributed by atoms with Crippen LogP contribution < -0.4 is 25.3 Å². The topological polar surface area (TPSA) is 166 Å². The molecule has 15 nitrogen and oxygen atoms in total. The first-order valence-electron chi connectivity index (χ1n) is 23.2. The molecule has 0 bridgehead atoms. The molecule has 2 N–H and O–H groups in total. The van der Waals surface area contributed by atoms with Crippen LogP contribution in [0.3, 0.4) is 0 Å². The van der Waals surface area contributed by atoms with Gasteiger partial charge < -0.3 is 29.8 Å². The fourth-order valence-electron chi connectivity index (χ4n) is 10.3. The number of hydrogen-bond donors (Lipinski definition) is 2. The van der Waals surface area contributed by atoms with Gasteiger partial charge in [-0.1, -0.05) is 0 Å². The van der Waals surface area contributed by atoms with Gasteiger partial charge in [-0.15, -0.1) is 0 Å². The van der Waals surface area contributed by atoms with Crippen molar-refractivity contribution in [2.45, 2.75) is 64.1 Å². The van der Waals surface area contributed by atoms with E-state index in [1.165, 1.54) is 12.1 Å². The second kappa shape index (κ2) is 20.4. The van der Waals surface area contributed by atoms with E-state index < -0.39 is 46.9 Å². The van der Waals surface area contributed by atoms with Crippen LogP contribution in [0.2, 0.25) is 0 Å². The molecule has 2 unspecified atom stereocenters. The molecule has 5 amide bonds. The number of carbonyl (C=O) groups is 5. The lowest BCUT2D eigenvalue weighted by Gasteiger charge is -2.40. The number of nitrogens with zero attached hydrogens (tertiary/aromatic N) is 8. The van der Waals surface area contributed by atoms with Crippen LogP contribution >= 0.6 is 0 Å². The van der Waals surface area contributed by atoms with Crippen molar-refractivity contribution < 1.29 is 41.5 Å². The van der Waals surface area contributed by atoms with Gasteiger partial charge in [0.15, 0.2) is 0 Å². The molecule has 67 heavy (non-hydrogen) atoms. The number of alkyl halides is 3. The number of imide groups is 2. The Morgan fingerprint density at radius 1 is 0.851 bits per heavy atom. The maximum Gasteiger partial charge on any atom is 0.417 e. The number of pyridine rings is 1. The molecule has 1 aromatic heterocycles. The Balaban J connectivity index is 0.730. The molecule has 8 rings (SSSR count). The second-order valence-corrected chi connectivity index (χ2v) is 18.5. The fourth-order valence-corrected chi connectivity index (χ4v) is 10.3. The van der Waals surface area contributed by atoms with Crippen LogP contribution in [0.5, 0.6) is 0 Å². The highest BCUT2D eigenvalue weighted by atomic mass is 19.4. The van der Waals surface area contributed by atoms with Crippen LogP contribution in [-0.2, 0) is 25.4 Å². The van der Waals surface area contributed by atoms with E-state index in [-0.39, 0.29) is 36.6 Å². The molecule has 356 valence electrons. The van der Waals surface area contributed by atoms with Crippen LogP contribution in [0.1, 0.15) is 72.0 Å². The number of hydrogen-bond acceptors (Lipinski definition) is 12. The van der Waals surface area contributed by atoms with Gasteiger partial charge in [-0.3, -0.25) is 34.2 Å². The molecule has 0 saturated carbocycles. The number of anilines is 4. The first kappa shape index (κ1) is 47.4. The summed E-state index contributed by atoms with van der Waals surface area (Å²) in [5, 5.41) is 14.2. The quantitative estimate of drug-likeness (QED) is 0.142. The molecule has 0 aliphatic carbocycles. The van der Waals surface area contributed by atoms with Gasteiger partial charge in [0.1, 0.15) is 17.7 Å². The number of piperazine rings is 1. The Morgan fingerprint density at radius 2 is 1.48 bits per heavy atom. The zero-order chi connectivity index (χ0) is 47.4. The van der Waals surface area contributed by atoms with E-state index in [0.717, 1.165) is 94.3 Å². The molecular formula is C48H56F4N10O5. The van der Waals surface area contributed by atoms with E-state index in [2.05, 4.69) is 30.3 Å². The number of nitrogens with one attached hydrogen (secondary N) is 2. The third-order valence-electron chi connectivity index (χ3n) is 14.2. The molecule has 3 aromatic rings. The summed E-state index contributed by atoms with van der Waals surface area (Å²) in [5.41, 5.74) is 0.925. The van der Waals surface area contributed by atoms with Crippen molar-refractivity contribution in [3.05, 3.63) is 76.7 Å². The standard InChI is InChI=1S/C48H56F4N10O5/c1-31-22-42(40(49)24-38(31)47(67)62(30-63)41-5-7-44(64)56-46(41)66)61-15-10-33(29-61)28-58-20-18-57(19-21-58)27-32-8-13-60(14-9-32)37-4-6-43(54-26-37)55-45(65)34-11-16-59(17-12-34)36-3-2-35(25-53)39(23-36)48(50,51)52/h2-4,6,22-24,26,30,32-34,41H,5,7-21,27-29H2,1H3,(H,54,55,65)(H,56,64,66). The van der Waals surface area contributed by atoms with Crippen molar-refractivity contribution in [2.75, 3.05) is 98.6 Å². The highest BCUT2D eigenvalue weighted by molar-refractivity contribution is 6.07. The summed E-state index contributed by atoms with van der Waals surface area (Å²) in [6.45, 7) is 11.6. The summed E-state index contributed by atoms with van der Waals surface area (Å²) in [6.07, 6.45) is 1.45. The Kier molecular flexibility index (Phi) is 14.4. The lowest BCUT2D eigenvalue weighted by molar-refractivity contribution is -0.139. The van der Waals surface area contributed by atoms with E-state index in [1.54, 1.807) is 25.3 Å². The third-order valence-corrected chi connectivity index (χ3v) is 14.2. The van der Waals surface area contributed by atoms with Crippen molar-refractivity contribution in [3.63, 3.8) is 0 Å². The van der Waals surface area contributed by atoms with Gasteiger partial charge in [0.05, 0.1) is 34.8 Å². The average Bonchev–Trinajstić information content (AvgIpc) is 3.79. The number of nitriles is 1. The minimum absolute atomic E-state index is 0.0000847. The number of piperidine rings is 3. The maximum absolute atomic E-state index is 15.6. The molecule has 5 fully saturated rings. The van der Waals surface area contributed by atoms with Gasteiger partial charge in [0.2, 0.25) is 24.1 Å². The van der Waals surface area contributed by atoms with Gasteiger partial charge >= 0.3 is 6.18 Å². The second-order valence-electron chi connectivity index (χ2n) is 18.5. The molecule has 5 aliphatic rings. The summed E-state index contributed by atoms with van der Waals surface area (Å²) in [5.74, 6) is -1.58. The SMILES string of the molecule is Cc1cc(N2CCC(CN3CCN(CC4CCN(c5ccc(NC(=O)C6CCN(c7ccc(C#N)c(C(F)(F)F)c7)CC6)nc5)CC4)CC3)C2)c(F)cc1C(=O)N(C=O)C1CCC(=O)NC1=O. The Hall–Kier alpha value is -6.13. The molecule has 19 heteroatoms. The van der Waals surface area contributed by atoms with E-state index in [1.807, 2.05) is 21.9 Å². The molecule has 5 aliphatic heterocycles. The minimum Gasteiger partial charge on any atom is -0.371 e. The first-order chi connectivity index (χ1) is 32.2. The van der Waals surface area contributed by atoms with Crippen LogP contribution in [0, 0.1) is 41.8 Å². The summed E-state index contributed by atoms with van der Waals surface area (Å²) >= 11 is 0. The third kappa shape index (κ3) is 11.0. The number of aryl methyl sites for hydroxylation is 1. The Bertz CT molecular complexity index is 2370. The highest BCUT2D eigenvalue weighted by Crippen LogP contribution is 2.36. The molecule has 0 radical (unpaired) electrons. The zero-order valence-electron chi connectivity index (χ0n) is 37.6. The van der Waals surface area contributed by atoms with Gasteiger partial charge in [0.25, 0.3) is 5.91 Å². The van der Waals surface area contributed by atoms with Crippen LogP contribution in [-0.4, -0.2) is 134 Å². The molecule has 2 atom stereocenters. The monoisotopic (exact) mass is 928 g/mol. The van der Waals surface area contributed by atoms with Gasteiger partial charge in [0, 0.05) is 102 Å². The van der Waals surface area contributed by atoms with Gasteiger partial charge in [-0.25, -0.2) is 9.37 Å². The number of amides is 5. The van der Waals surface area contributed by atoms with Crippen LogP contribution in [0.4, 0.5) is 40.4 Å². The van der Waals surface area contributed by atoms with Crippen molar-refractivity contribution in [1.29, 1.82) is 5.26 Å². The molecule has 2 aromatic carbocycles. The predicted octanol–water partition coefficient (Wildman–Crippen LogP) is 5.04. The highest BCUT2D eigenvalue weighted by Gasteiger charge is 2.37. The molecule has 6 heterocycles. The predicted molar refractivity (Wildman–Crippen MR) is 242 cm³/mol. The lowest BCUT2D eigenvalue weighted by Crippen LogP contribution is -2.54. The van der Waals surface area contributed by atoms with E-state index in [0.29, 0.717) is 73.6 Å². The Labute approximate surface area is 387 Å². The average molecular weight is 929 g/mol. The van der Waals surface area contributed by atoms with E-state index in [9.17, 15) is 37.1 Å². The number of carbonyl (C=O) groups excluding carboxylic acids is 5. The number of aromatic nitrogens is 1. The van der Waals surface area contributed by atoms with Gasteiger partial charge in [-0.05, 0) is 105 Å². The van der Waals surface area contributed by atoms with Crippen molar-refractivity contribution in [1.82, 2.24) is 25.0 Å². The first-order valence-corrected chi connectivity index (χ1v) is 23.2. The maximum atomic E-state index is 15.6. The molecular weight excluding hydrogens is 873 g/mol. The summed E-state index contributed by atoms with van der Waals surface area (Å²) in [6, 6.07) is 10.8. The smallest absolute Gasteiger partial charge is 0.371 e.